The Labute approximate surface area is 89.0 Å². The van der Waals surface area contributed by atoms with Crippen molar-refractivity contribution in [3.63, 3.8) is 0 Å². The van der Waals surface area contributed by atoms with Crippen LogP contribution in [0.2, 0.25) is 0 Å². The molecule has 1 saturated heterocycles. The SMILES string of the molecule is c1cc(CC2CO2)c2c(c1)OCCCO2. The highest BCUT2D eigenvalue weighted by Crippen LogP contribution is 2.35. The van der Waals surface area contributed by atoms with Gasteiger partial charge >= 0.3 is 0 Å². The minimum atomic E-state index is 0.392. The third-order valence-corrected chi connectivity index (χ3v) is 2.70. The van der Waals surface area contributed by atoms with Gasteiger partial charge in [-0.1, -0.05) is 12.1 Å². The molecule has 3 nitrogen and oxygen atoms in total. The largest absolute Gasteiger partial charge is 0.490 e. The van der Waals surface area contributed by atoms with E-state index in [1.165, 1.54) is 5.56 Å². The summed E-state index contributed by atoms with van der Waals surface area (Å²) in [5, 5.41) is 0. The quantitative estimate of drug-likeness (QED) is 0.691. The van der Waals surface area contributed by atoms with E-state index in [2.05, 4.69) is 6.07 Å². The first-order valence-corrected chi connectivity index (χ1v) is 5.42. The maximum atomic E-state index is 5.73. The van der Waals surface area contributed by atoms with Crippen molar-refractivity contribution in [2.24, 2.45) is 0 Å². The van der Waals surface area contributed by atoms with Crippen molar-refractivity contribution in [3.05, 3.63) is 23.8 Å². The van der Waals surface area contributed by atoms with E-state index in [0.29, 0.717) is 6.10 Å². The summed E-state index contributed by atoms with van der Waals surface area (Å²) in [6.45, 7) is 2.37. The van der Waals surface area contributed by atoms with E-state index >= 15 is 0 Å². The number of para-hydroxylation sites is 1. The van der Waals surface area contributed by atoms with Crippen LogP contribution in [-0.2, 0) is 11.2 Å². The van der Waals surface area contributed by atoms with Gasteiger partial charge in [0.2, 0.25) is 0 Å². The molecule has 0 N–H and O–H groups in total. The fourth-order valence-corrected chi connectivity index (χ4v) is 1.85. The zero-order valence-electron chi connectivity index (χ0n) is 8.57. The second-order valence-corrected chi connectivity index (χ2v) is 3.95. The summed E-state index contributed by atoms with van der Waals surface area (Å²) in [7, 11) is 0. The number of ether oxygens (including phenoxy) is 3. The molecule has 2 aliphatic rings. The van der Waals surface area contributed by atoms with E-state index < -0.39 is 0 Å². The summed E-state index contributed by atoms with van der Waals surface area (Å²) >= 11 is 0. The Hall–Kier alpha value is -1.22. The highest BCUT2D eigenvalue weighted by atomic mass is 16.6. The molecule has 2 aliphatic heterocycles. The first kappa shape index (κ1) is 9.04. The van der Waals surface area contributed by atoms with Crippen LogP contribution >= 0.6 is 0 Å². The number of hydrogen-bond acceptors (Lipinski definition) is 3. The van der Waals surface area contributed by atoms with Crippen LogP contribution in [0.25, 0.3) is 0 Å². The van der Waals surface area contributed by atoms with Gasteiger partial charge in [-0.25, -0.2) is 0 Å². The van der Waals surface area contributed by atoms with Crippen LogP contribution in [0.1, 0.15) is 12.0 Å². The van der Waals surface area contributed by atoms with Gasteiger partial charge in [-0.3, -0.25) is 0 Å². The molecule has 0 amide bonds. The van der Waals surface area contributed by atoms with Crippen molar-refractivity contribution in [1.29, 1.82) is 0 Å². The standard InChI is InChI=1S/C12H14O3/c1-3-9(7-10-8-15-10)12-11(4-1)13-5-2-6-14-12/h1,3-4,10H,2,5-8H2. The Bertz CT molecular complexity index is 358. The molecule has 80 valence electrons. The van der Waals surface area contributed by atoms with Gasteiger partial charge < -0.3 is 14.2 Å². The van der Waals surface area contributed by atoms with Crippen molar-refractivity contribution in [3.8, 4) is 11.5 Å². The van der Waals surface area contributed by atoms with Gasteiger partial charge in [-0.15, -0.1) is 0 Å². The van der Waals surface area contributed by atoms with E-state index in [1.54, 1.807) is 0 Å². The molecule has 0 saturated carbocycles. The van der Waals surface area contributed by atoms with Crippen LogP contribution in [-0.4, -0.2) is 25.9 Å². The molecule has 0 bridgehead atoms. The van der Waals surface area contributed by atoms with Crippen LogP contribution in [0, 0.1) is 0 Å². The number of hydrogen-bond donors (Lipinski definition) is 0. The molecule has 0 aromatic heterocycles. The monoisotopic (exact) mass is 206 g/mol. The fraction of sp³-hybridized carbons (Fsp3) is 0.500. The molecule has 0 spiro atoms. The maximum Gasteiger partial charge on any atom is 0.164 e. The molecule has 1 unspecified atom stereocenters. The van der Waals surface area contributed by atoms with Crippen LogP contribution in [0.15, 0.2) is 18.2 Å². The van der Waals surface area contributed by atoms with E-state index in [1.807, 2.05) is 12.1 Å². The summed E-state index contributed by atoms with van der Waals surface area (Å²) in [5.41, 5.74) is 1.21. The van der Waals surface area contributed by atoms with Gasteiger partial charge in [0.15, 0.2) is 11.5 Å². The Balaban J connectivity index is 1.91. The summed E-state index contributed by atoms with van der Waals surface area (Å²) < 4.78 is 16.6. The minimum absolute atomic E-state index is 0.392. The third-order valence-electron chi connectivity index (χ3n) is 2.70. The molecule has 1 aromatic rings. The molecule has 3 rings (SSSR count). The Kier molecular flexibility index (Phi) is 2.25. The van der Waals surface area contributed by atoms with Gasteiger partial charge in [0.05, 0.1) is 25.9 Å². The van der Waals surface area contributed by atoms with Crippen molar-refractivity contribution in [1.82, 2.24) is 0 Å². The molecule has 1 aromatic carbocycles. The number of epoxide rings is 1. The van der Waals surface area contributed by atoms with Crippen molar-refractivity contribution >= 4 is 0 Å². The van der Waals surface area contributed by atoms with Crippen LogP contribution in [0.5, 0.6) is 11.5 Å². The lowest BCUT2D eigenvalue weighted by Gasteiger charge is -2.11. The fourth-order valence-electron chi connectivity index (χ4n) is 1.85. The van der Waals surface area contributed by atoms with E-state index in [4.69, 9.17) is 14.2 Å². The molecule has 15 heavy (non-hydrogen) atoms. The van der Waals surface area contributed by atoms with Gasteiger partial charge in [-0.05, 0) is 6.07 Å². The van der Waals surface area contributed by atoms with Gasteiger partial charge in [0.1, 0.15) is 0 Å². The van der Waals surface area contributed by atoms with Crippen molar-refractivity contribution in [2.45, 2.75) is 18.9 Å². The van der Waals surface area contributed by atoms with Crippen LogP contribution in [0.4, 0.5) is 0 Å². The lowest BCUT2D eigenvalue weighted by atomic mass is 10.1. The highest BCUT2D eigenvalue weighted by Gasteiger charge is 2.25. The summed E-state index contributed by atoms with van der Waals surface area (Å²) in [4.78, 5) is 0. The summed E-state index contributed by atoms with van der Waals surface area (Å²) in [6, 6.07) is 6.08. The first-order valence-electron chi connectivity index (χ1n) is 5.42. The van der Waals surface area contributed by atoms with E-state index in [9.17, 15) is 0 Å². The summed E-state index contributed by atoms with van der Waals surface area (Å²) in [5.74, 6) is 1.80. The third kappa shape index (κ3) is 1.92. The summed E-state index contributed by atoms with van der Waals surface area (Å²) in [6.07, 6.45) is 2.28. The molecule has 0 radical (unpaired) electrons. The number of fused-ring (bicyclic) bond motifs is 1. The normalized spacial score (nSPS) is 23.3. The Morgan fingerprint density at radius 2 is 2.07 bits per heavy atom. The molecule has 2 heterocycles. The first-order chi connectivity index (χ1) is 7.43. The molecular weight excluding hydrogens is 192 g/mol. The lowest BCUT2D eigenvalue weighted by Crippen LogP contribution is -2.00. The van der Waals surface area contributed by atoms with E-state index in [0.717, 1.165) is 44.2 Å². The minimum Gasteiger partial charge on any atom is -0.490 e. The zero-order chi connectivity index (χ0) is 10.1. The van der Waals surface area contributed by atoms with Crippen LogP contribution < -0.4 is 9.47 Å². The van der Waals surface area contributed by atoms with Gasteiger partial charge in [0, 0.05) is 18.4 Å². The average Bonchev–Trinajstić information content (AvgIpc) is 3.03. The molecule has 3 heteroatoms. The average molecular weight is 206 g/mol. The Morgan fingerprint density at radius 3 is 2.93 bits per heavy atom. The van der Waals surface area contributed by atoms with Gasteiger partial charge in [-0.2, -0.15) is 0 Å². The van der Waals surface area contributed by atoms with Crippen molar-refractivity contribution in [2.75, 3.05) is 19.8 Å². The topological polar surface area (TPSA) is 31.0 Å². The lowest BCUT2D eigenvalue weighted by molar-refractivity contribution is 0.295. The molecule has 1 fully saturated rings. The second kappa shape index (κ2) is 3.74. The smallest absolute Gasteiger partial charge is 0.164 e. The zero-order valence-corrected chi connectivity index (χ0v) is 8.57. The highest BCUT2D eigenvalue weighted by molar-refractivity contribution is 5.47. The maximum absolute atomic E-state index is 5.73. The second-order valence-electron chi connectivity index (χ2n) is 3.95. The Morgan fingerprint density at radius 1 is 1.20 bits per heavy atom. The van der Waals surface area contributed by atoms with Gasteiger partial charge in [0.25, 0.3) is 0 Å². The van der Waals surface area contributed by atoms with Crippen molar-refractivity contribution < 1.29 is 14.2 Å². The predicted molar refractivity (Wildman–Crippen MR) is 55.5 cm³/mol. The molecular formula is C12H14O3. The number of rotatable bonds is 2. The van der Waals surface area contributed by atoms with E-state index in [-0.39, 0.29) is 0 Å². The molecule has 0 aliphatic carbocycles. The van der Waals surface area contributed by atoms with Crippen LogP contribution in [0.3, 0.4) is 0 Å². The molecule has 1 atom stereocenters. The number of benzene rings is 1. The predicted octanol–water partition coefficient (Wildman–Crippen LogP) is 1.79.